The van der Waals surface area contributed by atoms with Gasteiger partial charge in [-0.2, -0.15) is 0 Å². The lowest BCUT2D eigenvalue weighted by atomic mass is 10.1. The van der Waals surface area contributed by atoms with Crippen molar-refractivity contribution >= 4 is 5.69 Å². The third kappa shape index (κ3) is 6.40. The van der Waals surface area contributed by atoms with E-state index in [1.54, 1.807) is 0 Å². The second-order valence-corrected chi connectivity index (χ2v) is 5.67. The second-order valence-electron chi connectivity index (χ2n) is 5.67. The molecule has 0 radical (unpaired) electrons. The molecule has 1 atom stereocenters. The number of aliphatic hydroxyl groups is 1. The van der Waals surface area contributed by atoms with Gasteiger partial charge in [-0.25, -0.2) is 0 Å². The molecule has 0 aliphatic rings. The van der Waals surface area contributed by atoms with Crippen molar-refractivity contribution in [1.82, 2.24) is 5.32 Å². The summed E-state index contributed by atoms with van der Waals surface area (Å²) in [6.07, 6.45) is 3.38. The topological polar surface area (TPSA) is 35.5 Å². The van der Waals surface area contributed by atoms with Crippen molar-refractivity contribution in [3.05, 3.63) is 30.3 Å². The number of hydrogen-bond donors (Lipinski definition) is 2. The molecule has 0 saturated carbocycles. The molecule has 1 aromatic rings. The monoisotopic (exact) mass is 278 g/mol. The van der Waals surface area contributed by atoms with E-state index in [1.165, 1.54) is 18.5 Å². The van der Waals surface area contributed by atoms with Gasteiger partial charge in [-0.05, 0) is 25.0 Å². The highest BCUT2D eigenvalue weighted by Gasteiger charge is 2.12. The standard InChI is InChI=1S/C17H30N2O/c1-4-5-12-19(17-9-7-6-8-10-17)13-11-16(14-20)18-15(2)3/h6-10,15-16,18,20H,4-5,11-14H2,1-3H3. The van der Waals surface area contributed by atoms with Crippen LogP contribution in [0.2, 0.25) is 0 Å². The van der Waals surface area contributed by atoms with Gasteiger partial charge in [-0.15, -0.1) is 0 Å². The zero-order valence-electron chi connectivity index (χ0n) is 13.2. The maximum absolute atomic E-state index is 9.45. The van der Waals surface area contributed by atoms with Crippen LogP contribution in [0.15, 0.2) is 30.3 Å². The van der Waals surface area contributed by atoms with Crippen molar-refractivity contribution in [2.24, 2.45) is 0 Å². The minimum Gasteiger partial charge on any atom is -0.395 e. The molecule has 3 heteroatoms. The van der Waals surface area contributed by atoms with Gasteiger partial charge < -0.3 is 15.3 Å². The smallest absolute Gasteiger partial charge is 0.0585 e. The molecule has 0 saturated heterocycles. The molecule has 0 aliphatic carbocycles. The van der Waals surface area contributed by atoms with E-state index >= 15 is 0 Å². The number of anilines is 1. The van der Waals surface area contributed by atoms with Crippen LogP contribution in [0.5, 0.6) is 0 Å². The highest BCUT2D eigenvalue weighted by atomic mass is 16.3. The number of para-hydroxylation sites is 1. The molecular weight excluding hydrogens is 248 g/mol. The Balaban J connectivity index is 2.56. The van der Waals surface area contributed by atoms with E-state index in [0.717, 1.165) is 19.5 Å². The molecule has 0 bridgehead atoms. The van der Waals surface area contributed by atoms with Crippen LogP contribution in [-0.4, -0.2) is 36.9 Å². The zero-order chi connectivity index (χ0) is 14.8. The van der Waals surface area contributed by atoms with E-state index in [-0.39, 0.29) is 12.6 Å². The number of aliphatic hydroxyl groups excluding tert-OH is 1. The lowest BCUT2D eigenvalue weighted by Crippen LogP contribution is -2.40. The van der Waals surface area contributed by atoms with Crippen molar-refractivity contribution in [3.8, 4) is 0 Å². The summed E-state index contributed by atoms with van der Waals surface area (Å²) in [6, 6.07) is 11.2. The lowest BCUT2D eigenvalue weighted by molar-refractivity contribution is 0.229. The van der Waals surface area contributed by atoms with E-state index in [0.29, 0.717) is 6.04 Å². The average Bonchev–Trinajstić information content (AvgIpc) is 2.46. The number of nitrogens with one attached hydrogen (secondary N) is 1. The first kappa shape index (κ1) is 17.0. The first-order valence-corrected chi connectivity index (χ1v) is 7.84. The number of benzene rings is 1. The number of hydrogen-bond acceptors (Lipinski definition) is 3. The van der Waals surface area contributed by atoms with Gasteiger partial charge in [0.15, 0.2) is 0 Å². The molecule has 1 unspecified atom stereocenters. The fourth-order valence-electron chi connectivity index (χ4n) is 2.37. The maximum atomic E-state index is 9.45. The van der Waals surface area contributed by atoms with Crippen molar-refractivity contribution in [2.45, 2.75) is 52.1 Å². The third-order valence-electron chi connectivity index (χ3n) is 3.44. The Bertz CT molecular complexity index is 340. The summed E-state index contributed by atoms with van der Waals surface area (Å²) >= 11 is 0. The molecule has 3 nitrogen and oxygen atoms in total. The quantitative estimate of drug-likeness (QED) is 0.690. The van der Waals surface area contributed by atoms with Gasteiger partial charge in [0, 0.05) is 30.9 Å². The molecule has 0 aliphatic heterocycles. The van der Waals surface area contributed by atoms with Crippen LogP contribution >= 0.6 is 0 Å². The minimum atomic E-state index is 0.183. The fraction of sp³-hybridized carbons (Fsp3) is 0.647. The van der Waals surface area contributed by atoms with E-state index in [9.17, 15) is 5.11 Å². The molecule has 0 spiro atoms. The van der Waals surface area contributed by atoms with Gasteiger partial charge in [-0.3, -0.25) is 0 Å². The van der Waals surface area contributed by atoms with Crippen LogP contribution in [0.4, 0.5) is 5.69 Å². The normalized spacial score (nSPS) is 12.7. The zero-order valence-corrected chi connectivity index (χ0v) is 13.2. The molecule has 2 N–H and O–H groups in total. The van der Waals surface area contributed by atoms with Gasteiger partial charge in [0.2, 0.25) is 0 Å². The summed E-state index contributed by atoms with van der Waals surface area (Å²) in [5.74, 6) is 0. The average molecular weight is 278 g/mol. The van der Waals surface area contributed by atoms with E-state index in [1.807, 2.05) is 0 Å². The van der Waals surface area contributed by atoms with Gasteiger partial charge in [0.25, 0.3) is 0 Å². The summed E-state index contributed by atoms with van der Waals surface area (Å²) in [4.78, 5) is 2.42. The highest BCUT2D eigenvalue weighted by Crippen LogP contribution is 2.15. The maximum Gasteiger partial charge on any atom is 0.0585 e. The minimum absolute atomic E-state index is 0.183. The summed E-state index contributed by atoms with van der Waals surface area (Å²) in [7, 11) is 0. The molecule has 0 amide bonds. The summed E-state index contributed by atoms with van der Waals surface area (Å²) < 4.78 is 0. The van der Waals surface area contributed by atoms with Crippen LogP contribution in [0, 0.1) is 0 Å². The SMILES string of the molecule is CCCCN(CCC(CO)NC(C)C)c1ccccc1. The van der Waals surface area contributed by atoms with Crippen LogP contribution in [0.25, 0.3) is 0 Å². The van der Waals surface area contributed by atoms with Crippen LogP contribution in [0.3, 0.4) is 0 Å². The second kappa shape index (κ2) is 9.78. The fourth-order valence-corrected chi connectivity index (χ4v) is 2.37. The molecule has 0 heterocycles. The highest BCUT2D eigenvalue weighted by molar-refractivity contribution is 5.45. The first-order valence-electron chi connectivity index (χ1n) is 7.84. The Morgan fingerprint density at radius 3 is 2.40 bits per heavy atom. The molecule has 1 aromatic carbocycles. The molecule has 0 aromatic heterocycles. The Kier molecular flexibility index (Phi) is 8.31. The van der Waals surface area contributed by atoms with Crippen molar-refractivity contribution in [1.29, 1.82) is 0 Å². The Morgan fingerprint density at radius 2 is 1.85 bits per heavy atom. The summed E-state index contributed by atoms with van der Waals surface area (Å²) in [5, 5.41) is 12.9. The Morgan fingerprint density at radius 1 is 1.15 bits per heavy atom. The number of nitrogens with zero attached hydrogens (tertiary/aromatic N) is 1. The number of unbranched alkanes of at least 4 members (excludes halogenated alkanes) is 1. The predicted octanol–water partition coefficient (Wildman–Crippen LogP) is 3.04. The Hall–Kier alpha value is -1.06. The van der Waals surface area contributed by atoms with E-state index in [4.69, 9.17) is 0 Å². The molecule has 20 heavy (non-hydrogen) atoms. The van der Waals surface area contributed by atoms with Crippen molar-refractivity contribution in [2.75, 3.05) is 24.6 Å². The van der Waals surface area contributed by atoms with Crippen LogP contribution < -0.4 is 10.2 Å². The van der Waals surface area contributed by atoms with Gasteiger partial charge >= 0.3 is 0 Å². The number of rotatable bonds is 10. The largest absolute Gasteiger partial charge is 0.395 e. The molecule has 0 fully saturated rings. The third-order valence-corrected chi connectivity index (χ3v) is 3.44. The Labute approximate surface area is 124 Å². The van der Waals surface area contributed by atoms with Crippen molar-refractivity contribution < 1.29 is 5.11 Å². The van der Waals surface area contributed by atoms with Gasteiger partial charge in [0.05, 0.1) is 6.61 Å². The summed E-state index contributed by atoms with van der Waals surface area (Å²) in [6.45, 7) is 8.73. The molecule has 1 rings (SSSR count). The van der Waals surface area contributed by atoms with E-state index in [2.05, 4.69) is 61.3 Å². The first-order chi connectivity index (χ1) is 9.67. The van der Waals surface area contributed by atoms with Crippen LogP contribution in [-0.2, 0) is 0 Å². The van der Waals surface area contributed by atoms with Gasteiger partial charge in [-0.1, -0.05) is 45.4 Å². The lowest BCUT2D eigenvalue weighted by Gasteiger charge is -2.27. The van der Waals surface area contributed by atoms with E-state index < -0.39 is 0 Å². The van der Waals surface area contributed by atoms with Gasteiger partial charge in [0.1, 0.15) is 0 Å². The molecule has 114 valence electrons. The van der Waals surface area contributed by atoms with Crippen molar-refractivity contribution in [3.63, 3.8) is 0 Å². The van der Waals surface area contributed by atoms with Crippen LogP contribution in [0.1, 0.15) is 40.0 Å². The molecular formula is C17H30N2O. The summed E-state index contributed by atoms with van der Waals surface area (Å²) in [5.41, 5.74) is 1.28. The predicted molar refractivity (Wildman–Crippen MR) is 87.3 cm³/mol.